The molecule has 1 N–H and O–H groups in total. The summed E-state index contributed by atoms with van der Waals surface area (Å²) in [5.74, 6) is -0.238. The number of hydrogen-bond donors (Lipinski definition) is 1. The standard InChI is InChI=1S/C12H18N2O3/c1-7(2)10(9(4)15)11-12(14(16)17)8(3)5-6-13-11/h5-7,9-10,15H,1-4H3. The van der Waals surface area contributed by atoms with Crippen LogP contribution in [0, 0.1) is 23.0 Å². The largest absolute Gasteiger partial charge is 0.393 e. The van der Waals surface area contributed by atoms with Gasteiger partial charge >= 0.3 is 0 Å². The van der Waals surface area contributed by atoms with Crippen molar-refractivity contribution in [3.05, 3.63) is 33.6 Å². The Kier molecular flexibility index (Phi) is 4.17. The second-order valence-electron chi connectivity index (χ2n) is 4.63. The van der Waals surface area contributed by atoms with Crippen molar-refractivity contribution in [3.63, 3.8) is 0 Å². The van der Waals surface area contributed by atoms with Gasteiger partial charge in [0.2, 0.25) is 0 Å². The topological polar surface area (TPSA) is 76.3 Å². The molecule has 0 saturated heterocycles. The fraction of sp³-hybridized carbons (Fsp3) is 0.583. The van der Waals surface area contributed by atoms with Crippen LogP contribution in [0.25, 0.3) is 0 Å². The van der Waals surface area contributed by atoms with Crippen LogP contribution in [0.5, 0.6) is 0 Å². The number of nitro groups is 1. The van der Waals surface area contributed by atoms with E-state index in [0.29, 0.717) is 11.3 Å². The van der Waals surface area contributed by atoms with E-state index in [1.807, 2.05) is 13.8 Å². The zero-order valence-corrected chi connectivity index (χ0v) is 10.5. The van der Waals surface area contributed by atoms with Gasteiger partial charge in [0.1, 0.15) is 5.69 Å². The minimum absolute atomic E-state index is 0.0205. The summed E-state index contributed by atoms with van der Waals surface area (Å²) in [6.45, 7) is 7.16. The number of hydrogen-bond acceptors (Lipinski definition) is 4. The van der Waals surface area contributed by atoms with Gasteiger partial charge in [-0.2, -0.15) is 0 Å². The summed E-state index contributed by atoms with van der Waals surface area (Å²) in [6.07, 6.45) is 0.887. The van der Waals surface area contributed by atoms with Crippen molar-refractivity contribution in [2.24, 2.45) is 5.92 Å². The van der Waals surface area contributed by atoms with E-state index < -0.39 is 11.0 Å². The molecule has 1 heterocycles. The highest BCUT2D eigenvalue weighted by atomic mass is 16.6. The molecule has 5 heteroatoms. The van der Waals surface area contributed by atoms with E-state index in [9.17, 15) is 15.2 Å². The highest BCUT2D eigenvalue weighted by Crippen LogP contribution is 2.34. The Morgan fingerprint density at radius 1 is 1.41 bits per heavy atom. The monoisotopic (exact) mass is 238 g/mol. The normalized spacial score (nSPS) is 14.7. The van der Waals surface area contributed by atoms with Crippen LogP contribution in [0.3, 0.4) is 0 Å². The molecular weight excluding hydrogens is 220 g/mol. The summed E-state index contributed by atoms with van der Waals surface area (Å²) >= 11 is 0. The molecule has 0 spiro atoms. The lowest BCUT2D eigenvalue weighted by Crippen LogP contribution is -2.22. The first kappa shape index (κ1) is 13.6. The molecule has 2 unspecified atom stereocenters. The maximum atomic E-state index is 11.1. The average molecular weight is 238 g/mol. The molecule has 1 rings (SSSR count). The summed E-state index contributed by atoms with van der Waals surface area (Å²) in [5, 5.41) is 20.8. The lowest BCUT2D eigenvalue weighted by Gasteiger charge is -2.23. The van der Waals surface area contributed by atoms with E-state index in [0.717, 1.165) is 0 Å². The van der Waals surface area contributed by atoms with Crippen molar-refractivity contribution in [2.45, 2.75) is 39.7 Å². The minimum Gasteiger partial charge on any atom is -0.393 e. The Hall–Kier alpha value is -1.49. The van der Waals surface area contributed by atoms with Crippen LogP contribution in [0.2, 0.25) is 0 Å². The molecule has 0 amide bonds. The maximum absolute atomic E-state index is 11.1. The number of aryl methyl sites for hydroxylation is 1. The second-order valence-corrected chi connectivity index (χ2v) is 4.63. The summed E-state index contributed by atoms with van der Waals surface area (Å²) in [7, 11) is 0. The summed E-state index contributed by atoms with van der Waals surface area (Å²) in [6, 6.07) is 1.61. The molecule has 0 aliphatic heterocycles. The van der Waals surface area contributed by atoms with Gasteiger partial charge in [0.25, 0.3) is 5.69 Å². The quantitative estimate of drug-likeness (QED) is 0.645. The van der Waals surface area contributed by atoms with Gasteiger partial charge in [0, 0.05) is 17.7 Å². The third-order valence-electron chi connectivity index (χ3n) is 2.89. The number of aliphatic hydroxyl groups excluding tert-OH is 1. The smallest absolute Gasteiger partial charge is 0.293 e. The van der Waals surface area contributed by atoms with Crippen LogP contribution < -0.4 is 0 Å². The molecule has 0 aliphatic carbocycles. The van der Waals surface area contributed by atoms with Crippen molar-refractivity contribution >= 4 is 5.69 Å². The van der Waals surface area contributed by atoms with Gasteiger partial charge in [-0.3, -0.25) is 15.1 Å². The number of rotatable bonds is 4. The van der Waals surface area contributed by atoms with Crippen LogP contribution in [0.4, 0.5) is 5.69 Å². The second kappa shape index (κ2) is 5.23. The van der Waals surface area contributed by atoms with Gasteiger partial charge in [-0.25, -0.2) is 0 Å². The minimum atomic E-state index is -0.664. The summed E-state index contributed by atoms with van der Waals surface area (Å²) in [5.41, 5.74) is 0.971. The van der Waals surface area contributed by atoms with Crippen molar-refractivity contribution < 1.29 is 10.0 Å². The SMILES string of the molecule is Cc1ccnc(C(C(C)C)C(C)O)c1[N+](=O)[O-]. The van der Waals surface area contributed by atoms with Gasteiger partial charge in [-0.05, 0) is 25.8 Å². The predicted octanol–water partition coefficient (Wildman–Crippen LogP) is 2.42. The molecule has 0 saturated carbocycles. The Labute approximate surface area is 101 Å². The molecule has 1 aromatic heterocycles. The van der Waals surface area contributed by atoms with Crippen molar-refractivity contribution in [2.75, 3.05) is 0 Å². The Morgan fingerprint density at radius 2 is 2.00 bits per heavy atom. The molecule has 0 aromatic carbocycles. The number of nitrogens with zero attached hydrogens (tertiary/aromatic N) is 2. The van der Waals surface area contributed by atoms with Crippen LogP contribution >= 0.6 is 0 Å². The van der Waals surface area contributed by atoms with Gasteiger partial charge in [-0.15, -0.1) is 0 Å². The molecule has 0 radical (unpaired) electrons. The lowest BCUT2D eigenvalue weighted by molar-refractivity contribution is -0.386. The zero-order valence-electron chi connectivity index (χ0n) is 10.5. The van der Waals surface area contributed by atoms with Crippen LogP contribution in [0.1, 0.15) is 37.9 Å². The molecule has 94 valence electrons. The van der Waals surface area contributed by atoms with E-state index in [1.54, 1.807) is 26.1 Å². The van der Waals surface area contributed by atoms with Crippen LogP contribution in [-0.4, -0.2) is 21.1 Å². The molecule has 17 heavy (non-hydrogen) atoms. The van der Waals surface area contributed by atoms with Gasteiger partial charge in [0.05, 0.1) is 11.0 Å². The average Bonchev–Trinajstić information content (AvgIpc) is 2.15. The molecule has 0 aliphatic rings. The third kappa shape index (κ3) is 2.79. The molecule has 0 bridgehead atoms. The first-order valence-electron chi connectivity index (χ1n) is 5.64. The molecular formula is C12H18N2O3. The summed E-state index contributed by atoms with van der Waals surface area (Å²) < 4.78 is 0. The Balaban J connectivity index is 3.38. The zero-order chi connectivity index (χ0) is 13.2. The molecule has 5 nitrogen and oxygen atoms in total. The number of aromatic nitrogens is 1. The molecule has 2 atom stereocenters. The van der Waals surface area contributed by atoms with Crippen molar-refractivity contribution in [1.82, 2.24) is 4.98 Å². The lowest BCUT2D eigenvalue weighted by atomic mass is 9.86. The summed E-state index contributed by atoms with van der Waals surface area (Å²) in [4.78, 5) is 14.8. The van der Waals surface area contributed by atoms with Gasteiger partial charge in [0.15, 0.2) is 0 Å². The highest BCUT2D eigenvalue weighted by molar-refractivity contribution is 5.45. The number of aliphatic hydroxyl groups is 1. The molecule has 0 fully saturated rings. The van der Waals surface area contributed by atoms with E-state index in [1.165, 1.54) is 0 Å². The van der Waals surface area contributed by atoms with Crippen LogP contribution in [0.15, 0.2) is 12.3 Å². The third-order valence-corrected chi connectivity index (χ3v) is 2.89. The predicted molar refractivity (Wildman–Crippen MR) is 64.9 cm³/mol. The fourth-order valence-corrected chi connectivity index (χ4v) is 2.15. The molecule has 1 aromatic rings. The first-order chi connectivity index (χ1) is 7.86. The van der Waals surface area contributed by atoms with E-state index >= 15 is 0 Å². The van der Waals surface area contributed by atoms with Crippen LogP contribution in [-0.2, 0) is 0 Å². The van der Waals surface area contributed by atoms with Crippen molar-refractivity contribution in [3.8, 4) is 0 Å². The van der Waals surface area contributed by atoms with Crippen molar-refractivity contribution in [1.29, 1.82) is 0 Å². The van der Waals surface area contributed by atoms with E-state index in [2.05, 4.69) is 4.98 Å². The van der Waals surface area contributed by atoms with Gasteiger partial charge in [-0.1, -0.05) is 13.8 Å². The number of pyridine rings is 1. The van der Waals surface area contributed by atoms with E-state index in [4.69, 9.17) is 0 Å². The maximum Gasteiger partial charge on any atom is 0.293 e. The first-order valence-corrected chi connectivity index (χ1v) is 5.64. The van der Waals surface area contributed by atoms with E-state index in [-0.39, 0.29) is 17.5 Å². The fourth-order valence-electron chi connectivity index (χ4n) is 2.15. The Bertz CT molecular complexity index is 408. The highest BCUT2D eigenvalue weighted by Gasteiger charge is 2.30. The Morgan fingerprint density at radius 3 is 2.41 bits per heavy atom. The van der Waals surface area contributed by atoms with Gasteiger partial charge < -0.3 is 5.11 Å².